The van der Waals surface area contributed by atoms with Crippen LogP contribution in [0.15, 0.2) is 23.0 Å². The highest BCUT2D eigenvalue weighted by molar-refractivity contribution is 5.93. The van der Waals surface area contributed by atoms with Crippen molar-refractivity contribution in [2.75, 3.05) is 0 Å². The number of hydrogen-bond acceptors (Lipinski definition) is 5. The Hall–Kier alpha value is -2.24. The molecule has 1 fully saturated rings. The van der Waals surface area contributed by atoms with E-state index in [0.717, 1.165) is 30.8 Å². The highest BCUT2D eigenvalue weighted by Gasteiger charge is 2.26. The summed E-state index contributed by atoms with van der Waals surface area (Å²) in [7, 11) is 0. The predicted molar refractivity (Wildman–Crippen MR) is 80.2 cm³/mol. The van der Waals surface area contributed by atoms with Crippen LogP contribution in [0.3, 0.4) is 0 Å². The maximum Gasteiger partial charge on any atom is 0.254 e. The smallest absolute Gasteiger partial charge is 0.254 e. The van der Waals surface area contributed by atoms with Crippen molar-refractivity contribution in [3.05, 3.63) is 41.3 Å². The molecule has 0 saturated heterocycles. The van der Waals surface area contributed by atoms with Crippen molar-refractivity contribution >= 4 is 5.91 Å². The van der Waals surface area contributed by atoms with Crippen LogP contribution in [0.2, 0.25) is 0 Å². The largest absolute Gasteiger partial charge is 0.359 e. The van der Waals surface area contributed by atoms with Crippen molar-refractivity contribution < 1.29 is 9.32 Å². The summed E-state index contributed by atoms with van der Waals surface area (Å²) in [5.74, 6) is 2.30. The number of nitrogens with one attached hydrogen (secondary N) is 1. The minimum Gasteiger partial charge on any atom is -0.359 e. The van der Waals surface area contributed by atoms with Crippen LogP contribution in [-0.4, -0.2) is 21.0 Å². The van der Waals surface area contributed by atoms with Gasteiger partial charge in [0, 0.05) is 24.4 Å². The zero-order chi connectivity index (χ0) is 15.5. The molecule has 2 aromatic heterocycles. The van der Waals surface area contributed by atoms with Gasteiger partial charge < -0.3 is 9.84 Å². The first-order valence-corrected chi connectivity index (χ1v) is 7.66. The predicted octanol–water partition coefficient (Wildman–Crippen LogP) is 2.47. The standard InChI is InChI=1S/C16H20N4O2/c1-10(2)5-13-6-14(22-20-13)9-19-16(21)12-7-17-15(18-8-12)11-3-4-11/h6-8,10-11H,3-5,9H2,1-2H3,(H,19,21). The first kappa shape index (κ1) is 14.7. The Kier molecular flexibility index (Phi) is 4.18. The molecule has 6 heteroatoms. The summed E-state index contributed by atoms with van der Waals surface area (Å²) in [6.45, 7) is 4.57. The number of carbonyl (C=O) groups is 1. The average Bonchev–Trinajstić information content (AvgIpc) is 3.26. The molecule has 2 aromatic rings. The van der Waals surface area contributed by atoms with Crippen LogP contribution in [0.1, 0.15) is 60.2 Å². The Labute approximate surface area is 129 Å². The third-order valence-electron chi connectivity index (χ3n) is 3.52. The van der Waals surface area contributed by atoms with Gasteiger partial charge in [0.05, 0.1) is 17.8 Å². The van der Waals surface area contributed by atoms with Crippen LogP contribution in [0.4, 0.5) is 0 Å². The Morgan fingerprint density at radius 1 is 1.36 bits per heavy atom. The van der Waals surface area contributed by atoms with E-state index in [-0.39, 0.29) is 5.91 Å². The van der Waals surface area contributed by atoms with Crippen molar-refractivity contribution in [3.8, 4) is 0 Å². The van der Waals surface area contributed by atoms with Crippen LogP contribution in [0, 0.1) is 5.92 Å². The minimum absolute atomic E-state index is 0.204. The van der Waals surface area contributed by atoms with E-state index in [2.05, 4.69) is 34.3 Å². The van der Waals surface area contributed by atoms with E-state index in [1.165, 1.54) is 0 Å². The lowest BCUT2D eigenvalue weighted by Gasteiger charge is -2.03. The molecule has 3 rings (SSSR count). The molecule has 0 unspecified atom stereocenters. The van der Waals surface area contributed by atoms with Crippen LogP contribution in [-0.2, 0) is 13.0 Å². The fourth-order valence-electron chi connectivity index (χ4n) is 2.23. The first-order chi connectivity index (χ1) is 10.6. The second-order valence-electron chi connectivity index (χ2n) is 6.17. The lowest BCUT2D eigenvalue weighted by atomic mass is 10.1. The third kappa shape index (κ3) is 3.69. The average molecular weight is 300 g/mol. The quantitative estimate of drug-likeness (QED) is 0.886. The molecule has 1 amide bonds. The maximum absolute atomic E-state index is 12.0. The second-order valence-corrected chi connectivity index (χ2v) is 6.17. The van der Waals surface area contributed by atoms with Crippen molar-refractivity contribution in [1.82, 2.24) is 20.4 Å². The van der Waals surface area contributed by atoms with Gasteiger partial charge in [0.25, 0.3) is 5.91 Å². The second kappa shape index (κ2) is 6.25. The van der Waals surface area contributed by atoms with Crippen LogP contribution in [0.5, 0.6) is 0 Å². The molecule has 1 aliphatic rings. The van der Waals surface area contributed by atoms with Gasteiger partial charge in [-0.05, 0) is 25.2 Å². The van der Waals surface area contributed by atoms with Gasteiger partial charge in [-0.3, -0.25) is 4.79 Å². The molecule has 22 heavy (non-hydrogen) atoms. The molecular formula is C16H20N4O2. The summed E-state index contributed by atoms with van der Waals surface area (Å²) >= 11 is 0. The molecule has 0 aliphatic heterocycles. The fourth-order valence-corrected chi connectivity index (χ4v) is 2.23. The monoisotopic (exact) mass is 300 g/mol. The van der Waals surface area contributed by atoms with Gasteiger partial charge in [0.1, 0.15) is 5.82 Å². The van der Waals surface area contributed by atoms with E-state index < -0.39 is 0 Å². The van der Waals surface area contributed by atoms with E-state index in [1.807, 2.05) is 6.07 Å². The van der Waals surface area contributed by atoms with Gasteiger partial charge in [-0.1, -0.05) is 19.0 Å². The number of aromatic nitrogens is 3. The fraction of sp³-hybridized carbons (Fsp3) is 0.500. The molecule has 2 heterocycles. The van der Waals surface area contributed by atoms with Gasteiger partial charge in [-0.2, -0.15) is 0 Å². The van der Waals surface area contributed by atoms with Gasteiger partial charge in [-0.15, -0.1) is 0 Å². The molecule has 1 aliphatic carbocycles. The van der Waals surface area contributed by atoms with Crippen molar-refractivity contribution in [1.29, 1.82) is 0 Å². The Morgan fingerprint density at radius 2 is 2.09 bits per heavy atom. The zero-order valence-corrected chi connectivity index (χ0v) is 12.9. The molecule has 116 valence electrons. The number of carbonyl (C=O) groups excluding carboxylic acids is 1. The van der Waals surface area contributed by atoms with Crippen molar-refractivity contribution in [2.24, 2.45) is 5.92 Å². The summed E-state index contributed by atoms with van der Waals surface area (Å²) in [5, 5.41) is 6.79. The highest BCUT2D eigenvalue weighted by atomic mass is 16.5. The maximum atomic E-state index is 12.0. The lowest BCUT2D eigenvalue weighted by Crippen LogP contribution is -2.23. The van der Waals surface area contributed by atoms with E-state index in [0.29, 0.717) is 29.7 Å². The summed E-state index contributed by atoms with van der Waals surface area (Å²) < 4.78 is 5.21. The molecule has 1 N–H and O–H groups in total. The Morgan fingerprint density at radius 3 is 2.73 bits per heavy atom. The third-order valence-corrected chi connectivity index (χ3v) is 3.52. The normalized spacial score (nSPS) is 14.3. The molecule has 0 bridgehead atoms. The molecular weight excluding hydrogens is 280 g/mol. The highest BCUT2D eigenvalue weighted by Crippen LogP contribution is 2.37. The molecule has 1 saturated carbocycles. The van der Waals surface area contributed by atoms with Gasteiger partial charge in [0.2, 0.25) is 0 Å². The Balaban J connectivity index is 1.53. The van der Waals surface area contributed by atoms with Gasteiger partial charge in [-0.25, -0.2) is 9.97 Å². The van der Waals surface area contributed by atoms with Crippen LogP contribution >= 0.6 is 0 Å². The van der Waals surface area contributed by atoms with E-state index in [9.17, 15) is 4.79 Å². The van der Waals surface area contributed by atoms with Gasteiger partial charge in [0.15, 0.2) is 5.76 Å². The van der Waals surface area contributed by atoms with Gasteiger partial charge >= 0.3 is 0 Å². The lowest BCUT2D eigenvalue weighted by molar-refractivity contribution is 0.0946. The minimum atomic E-state index is -0.204. The SMILES string of the molecule is CC(C)Cc1cc(CNC(=O)c2cnc(C3CC3)nc2)on1. The molecule has 6 nitrogen and oxygen atoms in total. The molecule has 0 aromatic carbocycles. The summed E-state index contributed by atoms with van der Waals surface area (Å²) in [5.41, 5.74) is 1.38. The van der Waals surface area contributed by atoms with Crippen LogP contribution < -0.4 is 5.32 Å². The summed E-state index contributed by atoms with van der Waals surface area (Å²) in [4.78, 5) is 20.5. The van der Waals surface area contributed by atoms with E-state index in [4.69, 9.17) is 4.52 Å². The molecule has 0 atom stereocenters. The van der Waals surface area contributed by atoms with E-state index >= 15 is 0 Å². The zero-order valence-electron chi connectivity index (χ0n) is 12.9. The van der Waals surface area contributed by atoms with Crippen molar-refractivity contribution in [3.63, 3.8) is 0 Å². The number of nitrogens with zero attached hydrogens (tertiary/aromatic N) is 3. The van der Waals surface area contributed by atoms with Crippen molar-refractivity contribution in [2.45, 2.75) is 45.6 Å². The molecule has 0 spiro atoms. The van der Waals surface area contributed by atoms with E-state index in [1.54, 1.807) is 12.4 Å². The Bertz CT molecular complexity index is 644. The summed E-state index contributed by atoms with van der Waals surface area (Å²) in [6, 6.07) is 1.88. The summed E-state index contributed by atoms with van der Waals surface area (Å²) in [6.07, 6.45) is 6.33. The number of rotatable bonds is 6. The molecule has 0 radical (unpaired) electrons. The topological polar surface area (TPSA) is 80.9 Å². The number of hydrogen-bond donors (Lipinski definition) is 1. The number of amides is 1. The van der Waals surface area contributed by atoms with Crippen LogP contribution in [0.25, 0.3) is 0 Å². The first-order valence-electron chi connectivity index (χ1n) is 7.66.